The fourth-order valence-corrected chi connectivity index (χ4v) is 3.73. The van der Waals surface area contributed by atoms with Crippen molar-refractivity contribution in [3.8, 4) is 0 Å². The Morgan fingerprint density at radius 1 is 1.17 bits per heavy atom. The highest BCUT2D eigenvalue weighted by atomic mass is 16.2. The highest BCUT2D eigenvalue weighted by Gasteiger charge is 2.29. The number of likely N-dealkylation sites (tertiary alicyclic amines) is 1. The summed E-state index contributed by atoms with van der Waals surface area (Å²) in [5, 5.41) is 2.83. The van der Waals surface area contributed by atoms with E-state index in [0.717, 1.165) is 25.6 Å². The van der Waals surface area contributed by atoms with Gasteiger partial charge < -0.3 is 15.2 Å². The number of nitrogens with zero attached hydrogens (tertiary/aromatic N) is 1. The number of nitrogens with one attached hydrogen (secondary N) is 3. The van der Waals surface area contributed by atoms with Gasteiger partial charge >= 0.3 is 5.69 Å². The van der Waals surface area contributed by atoms with E-state index < -0.39 is 17.2 Å². The van der Waals surface area contributed by atoms with E-state index in [1.54, 1.807) is 0 Å². The number of carbonyl (C=O) groups excluding carboxylic acids is 1. The lowest BCUT2D eigenvalue weighted by Crippen LogP contribution is -2.37. The predicted molar refractivity (Wildman–Crippen MR) is 86.6 cm³/mol. The zero-order valence-electron chi connectivity index (χ0n) is 13.3. The summed E-state index contributed by atoms with van der Waals surface area (Å²) in [6.45, 7) is 2.71. The Morgan fingerprint density at radius 2 is 1.96 bits per heavy atom. The van der Waals surface area contributed by atoms with E-state index in [4.69, 9.17) is 0 Å². The van der Waals surface area contributed by atoms with Crippen molar-refractivity contribution in [1.29, 1.82) is 0 Å². The number of carbonyl (C=O) groups is 1. The van der Waals surface area contributed by atoms with Crippen LogP contribution in [0.25, 0.3) is 0 Å². The Balaban J connectivity index is 1.50. The zero-order valence-corrected chi connectivity index (χ0v) is 13.3. The van der Waals surface area contributed by atoms with Crippen LogP contribution >= 0.6 is 0 Å². The maximum absolute atomic E-state index is 12.0. The third-order valence-electron chi connectivity index (χ3n) is 4.96. The summed E-state index contributed by atoms with van der Waals surface area (Å²) < 4.78 is 0. The number of amides is 1. The van der Waals surface area contributed by atoms with Crippen molar-refractivity contribution in [3.63, 3.8) is 0 Å². The molecule has 1 atom stereocenters. The Hall–Kier alpha value is -1.89. The van der Waals surface area contributed by atoms with Crippen molar-refractivity contribution in [2.75, 3.05) is 19.6 Å². The highest BCUT2D eigenvalue weighted by Crippen LogP contribution is 2.27. The largest absolute Gasteiger partial charge is 0.350 e. The molecule has 1 aliphatic heterocycles. The van der Waals surface area contributed by atoms with Crippen LogP contribution in [0.3, 0.4) is 0 Å². The molecule has 3 rings (SSSR count). The molecule has 0 bridgehead atoms. The molecule has 1 aromatic heterocycles. The number of hydrogen-bond donors (Lipinski definition) is 3. The van der Waals surface area contributed by atoms with Gasteiger partial charge in [-0.15, -0.1) is 0 Å². The van der Waals surface area contributed by atoms with Gasteiger partial charge in [-0.2, -0.15) is 0 Å². The summed E-state index contributed by atoms with van der Waals surface area (Å²) in [4.78, 5) is 41.4. The van der Waals surface area contributed by atoms with Crippen LogP contribution < -0.4 is 16.6 Å². The van der Waals surface area contributed by atoms with Crippen molar-refractivity contribution in [3.05, 3.63) is 32.6 Å². The molecular weight excluding hydrogens is 296 g/mol. The number of rotatable bonds is 4. The molecule has 0 radical (unpaired) electrons. The molecule has 2 heterocycles. The number of aromatic nitrogens is 2. The van der Waals surface area contributed by atoms with Crippen molar-refractivity contribution in [2.45, 2.75) is 44.6 Å². The summed E-state index contributed by atoms with van der Waals surface area (Å²) in [5.74, 6) is 0.0407. The monoisotopic (exact) mass is 320 g/mol. The molecule has 0 aromatic carbocycles. The molecule has 1 saturated heterocycles. The van der Waals surface area contributed by atoms with Crippen molar-refractivity contribution >= 4 is 5.91 Å². The van der Waals surface area contributed by atoms with Crippen LogP contribution in [-0.4, -0.2) is 46.5 Å². The Morgan fingerprint density at radius 3 is 2.70 bits per heavy atom. The first-order chi connectivity index (χ1) is 11.1. The number of H-pyrrole nitrogens is 2. The zero-order chi connectivity index (χ0) is 16.2. The van der Waals surface area contributed by atoms with E-state index in [1.165, 1.54) is 32.1 Å². The van der Waals surface area contributed by atoms with Crippen molar-refractivity contribution < 1.29 is 4.79 Å². The average Bonchev–Trinajstić information content (AvgIpc) is 3.01. The van der Waals surface area contributed by atoms with Gasteiger partial charge in [0.2, 0.25) is 0 Å². The van der Waals surface area contributed by atoms with Gasteiger partial charge in [0, 0.05) is 25.2 Å². The lowest BCUT2D eigenvalue weighted by atomic mass is 9.94. The minimum Gasteiger partial charge on any atom is -0.350 e. The number of hydrogen-bond acceptors (Lipinski definition) is 4. The van der Waals surface area contributed by atoms with Crippen LogP contribution in [0.15, 0.2) is 15.7 Å². The summed E-state index contributed by atoms with van der Waals surface area (Å²) >= 11 is 0. The summed E-state index contributed by atoms with van der Waals surface area (Å²) in [7, 11) is 0. The predicted octanol–water partition coefficient (Wildman–Crippen LogP) is 0.448. The average molecular weight is 320 g/mol. The molecule has 1 aliphatic carbocycles. The highest BCUT2D eigenvalue weighted by molar-refractivity contribution is 5.91. The van der Waals surface area contributed by atoms with Crippen LogP contribution in [0.4, 0.5) is 0 Å². The molecule has 126 valence electrons. The second kappa shape index (κ2) is 7.12. The first-order valence-electron chi connectivity index (χ1n) is 8.48. The Labute approximate surface area is 134 Å². The summed E-state index contributed by atoms with van der Waals surface area (Å²) in [5.41, 5.74) is -1.21. The fourth-order valence-electron chi connectivity index (χ4n) is 3.73. The summed E-state index contributed by atoms with van der Waals surface area (Å²) in [6, 6.07) is 1.83. The third kappa shape index (κ3) is 4.10. The van der Waals surface area contributed by atoms with E-state index in [2.05, 4.69) is 20.2 Å². The van der Waals surface area contributed by atoms with E-state index in [9.17, 15) is 14.4 Å². The van der Waals surface area contributed by atoms with Gasteiger partial charge in [-0.25, -0.2) is 4.79 Å². The SMILES string of the molecule is O=C(NCC1CCN(C2CCCCC2)C1)c1cc(=O)[nH]c(=O)[nH]1. The second-order valence-electron chi connectivity index (χ2n) is 6.65. The first kappa shape index (κ1) is 16.0. The third-order valence-corrected chi connectivity index (χ3v) is 4.96. The maximum Gasteiger partial charge on any atom is 0.326 e. The lowest BCUT2D eigenvalue weighted by molar-refractivity contribution is 0.0940. The van der Waals surface area contributed by atoms with Gasteiger partial charge in [-0.3, -0.25) is 14.6 Å². The minimum atomic E-state index is -0.660. The minimum absolute atomic E-state index is 0.0147. The van der Waals surface area contributed by atoms with Crippen LogP contribution in [-0.2, 0) is 0 Å². The van der Waals surface area contributed by atoms with E-state index in [0.29, 0.717) is 18.5 Å². The molecular formula is C16H24N4O3. The maximum atomic E-state index is 12.0. The fraction of sp³-hybridized carbons (Fsp3) is 0.688. The van der Waals surface area contributed by atoms with Crippen LogP contribution in [0, 0.1) is 5.92 Å². The van der Waals surface area contributed by atoms with Gasteiger partial charge in [-0.1, -0.05) is 19.3 Å². The molecule has 1 amide bonds. The van der Waals surface area contributed by atoms with E-state index in [1.807, 2.05) is 0 Å². The van der Waals surface area contributed by atoms with Gasteiger partial charge in [0.15, 0.2) is 0 Å². The molecule has 2 fully saturated rings. The van der Waals surface area contributed by atoms with Gasteiger partial charge in [0.05, 0.1) is 0 Å². The van der Waals surface area contributed by atoms with Crippen LogP contribution in [0.1, 0.15) is 49.0 Å². The smallest absolute Gasteiger partial charge is 0.326 e. The molecule has 23 heavy (non-hydrogen) atoms. The molecule has 0 spiro atoms. The molecule has 1 aromatic rings. The van der Waals surface area contributed by atoms with Crippen LogP contribution in [0.5, 0.6) is 0 Å². The van der Waals surface area contributed by atoms with Gasteiger partial charge in [0.25, 0.3) is 11.5 Å². The van der Waals surface area contributed by atoms with Gasteiger partial charge in [0.1, 0.15) is 5.69 Å². The molecule has 2 aliphatic rings. The molecule has 7 heteroatoms. The van der Waals surface area contributed by atoms with E-state index >= 15 is 0 Å². The second-order valence-corrected chi connectivity index (χ2v) is 6.65. The quantitative estimate of drug-likeness (QED) is 0.750. The topological polar surface area (TPSA) is 98.1 Å². The summed E-state index contributed by atoms with van der Waals surface area (Å²) in [6.07, 6.45) is 7.71. The van der Waals surface area contributed by atoms with Crippen molar-refractivity contribution in [2.24, 2.45) is 5.92 Å². The van der Waals surface area contributed by atoms with Crippen molar-refractivity contribution in [1.82, 2.24) is 20.2 Å². The first-order valence-corrected chi connectivity index (χ1v) is 8.48. The standard InChI is InChI=1S/C16H24N4O3/c21-14-8-13(18-16(23)19-14)15(22)17-9-11-6-7-20(10-11)12-4-2-1-3-5-12/h8,11-12H,1-7,9-10H2,(H,17,22)(H2,18,19,21,23). The normalized spacial score (nSPS) is 23.0. The Bertz CT molecular complexity index is 632. The molecule has 7 nitrogen and oxygen atoms in total. The lowest BCUT2D eigenvalue weighted by Gasteiger charge is -2.31. The molecule has 1 saturated carbocycles. The number of aromatic amines is 2. The van der Waals surface area contributed by atoms with E-state index in [-0.39, 0.29) is 5.69 Å². The molecule has 3 N–H and O–H groups in total. The Kier molecular flexibility index (Phi) is 4.95. The van der Waals surface area contributed by atoms with Crippen LogP contribution in [0.2, 0.25) is 0 Å². The molecule has 1 unspecified atom stereocenters. The van der Waals surface area contributed by atoms with Gasteiger partial charge in [-0.05, 0) is 31.7 Å².